The third-order valence-corrected chi connectivity index (χ3v) is 5.64. The first-order valence-corrected chi connectivity index (χ1v) is 10.9. The molecule has 5 rings (SSSR count). The second-order valence-corrected chi connectivity index (χ2v) is 7.79. The molecule has 2 heterocycles. The monoisotopic (exact) mass is 436 g/mol. The van der Waals surface area contributed by atoms with E-state index in [0.29, 0.717) is 19.0 Å². The zero-order valence-electron chi connectivity index (χ0n) is 18.3. The van der Waals surface area contributed by atoms with Crippen LogP contribution in [0.3, 0.4) is 0 Å². The predicted octanol–water partition coefficient (Wildman–Crippen LogP) is 4.68. The molecule has 0 fully saturated rings. The van der Waals surface area contributed by atoms with E-state index in [9.17, 15) is 0 Å². The van der Waals surface area contributed by atoms with Crippen LogP contribution in [0.2, 0.25) is 0 Å². The maximum Gasteiger partial charge on any atom is 0.205 e. The lowest BCUT2D eigenvalue weighted by atomic mass is 9.97. The third-order valence-electron chi connectivity index (χ3n) is 5.64. The maximum atomic E-state index is 6.32. The molecule has 33 heavy (non-hydrogen) atoms. The minimum Gasteiger partial charge on any atom is -0.488 e. The van der Waals surface area contributed by atoms with Gasteiger partial charge in [-0.25, -0.2) is 0 Å². The van der Waals surface area contributed by atoms with Crippen molar-refractivity contribution in [1.82, 2.24) is 25.6 Å². The van der Waals surface area contributed by atoms with Gasteiger partial charge in [-0.2, -0.15) is 5.21 Å². The van der Waals surface area contributed by atoms with E-state index in [1.54, 1.807) is 0 Å². The molecule has 0 saturated carbocycles. The van der Waals surface area contributed by atoms with Gasteiger partial charge in [-0.15, -0.1) is 10.2 Å². The van der Waals surface area contributed by atoms with Crippen LogP contribution in [0, 0.1) is 0 Å². The van der Waals surface area contributed by atoms with Crippen LogP contribution in [-0.4, -0.2) is 25.6 Å². The molecule has 0 spiro atoms. The van der Waals surface area contributed by atoms with Gasteiger partial charge >= 0.3 is 0 Å². The fraction of sp³-hybridized carbons (Fsp3) is 0.154. The van der Waals surface area contributed by atoms with Gasteiger partial charge in [0, 0.05) is 29.3 Å². The fourth-order valence-electron chi connectivity index (χ4n) is 3.89. The Morgan fingerprint density at radius 3 is 2.52 bits per heavy atom. The second-order valence-electron chi connectivity index (χ2n) is 7.79. The molecule has 7 nitrogen and oxygen atoms in total. The Hall–Kier alpha value is -4.10. The molecule has 164 valence electrons. The van der Waals surface area contributed by atoms with Gasteiger partial charge in [-0.1, -0.05) is 55.5 Å². The van der Waals surface area contributed by atoms with Crippen LogP contribution in [0.25, 0.3) is 33.4 Å². The molecule has 0 unspecified atom stereocenters. The number of nitrogens with one attached hydrogen (secondary N) is 1. The van der Waals surface area contributed by atoms with Gasteiger partial charge in [0.2, 0.25) is 5.82 Å². The Bertz CT molecular complexity index is 1380. The second kappa shape index (κ2) is 9.18. The topological polar surface area (TPSA) is 103 Å². The molecular formula is C26H24N6O. The highest BCUT2D eigenvalue weighted by molar-refractivity contribution is 5.86. The molecule has 3 aromatic carbocycles. The number of aryl methyl sites for hydroxylation is 1. The van der Waals surface area contributed by atoms with Gasteiger partial charge in [-0.05, 0) is 52.1 Å². The number of pyridine rings is 1. The molecular weight excluding hydrogens is 412 g/mol. The van der Waals surface area contributed by atoms with E-state index in [2.05, 4.69) is 63.9 Å². The number of tetrazole rings is 1. The summed E-state index contributed by atoms with van der Waals surface area (Å²) in [5, 5.41) is 15.7. The number of hydrogen-bond acceptors (Lipinski definition) is 6. The van der Waals surface area contributed by atoms with Crippen molar-refractivity contribution in [1.29, 1.82) is 0 Å². The largest absolute Gasteiger partial charge is 0.488 e. The van der Waals surface area contributed by atoms with Gasteiger partial charge in [0.25, 0.3) is 0 Å². The molecule has 0 aliphatic rings. The maximum absolute atomic E-state index is 6.32. The summed E-state index contributed by atoms with van der Waals surface area (Å²) >= 11 is 0. The summed E-state index contributed by atoms with van der Waals surface area (Å²) in [5.74, 6) is 1.35. The first-order chi connectivity index (χ1) is 16.2. The highest BCUT2D eigenvalue weighted by Gasteiger charge is 2.13. The van der Waals surface area contributed by atoms with Crippen LogP contribution in [-0.2, 0) is 19.6 Å². The van der Waals surface area contributed by atoms with Crippen molar-refractivity contribution in [2.45, 2.75) is 26.5 Å². The first-order valence-electron chi connectivity index (χ1n) is 10.9. The van der Waals surface area contributed by atoms with E-state index in [-0.39, 0.29) is 0 Å². The third kappa shape index (κ3) is 4.31. The van der Waals surface area contributed by atoms with Crippen molar-refractivity contribution in [2.75, 3.05) is 0 Å². The number of ether oxygens (including phenoxy) is 1. The standard InChI is InChI=1S/C26H24N6O/c1-2-20-14-25(23-12-17(15-27)9-11-24(23)28-20)33-16-18-8-10-21(19-6-4-3-5-7-19)22(13-18)26-29-31-32-30-26/h3-14H,2,15-16,27H2,1H3,(H,29,30,31,32). The molecule has 0 radical (unpaired) electrons. The molecule has 0 saturated heterocycles. The Morgan fingerprint density at radius 1 is 0.909 bits per heavy atom. The lowest BCUT2D eigenvalue weighted by Gasteiger charge is -2.14. The van der Waals surface area contributed by atoms with Gasteiger partial charge in [0.15, 0.2) is 0 Å². The normalized spacial score (nSPS) is 11.1. The summed E-state index contributed by atoms with van der Waals surface area (Å²) in [6.07, 6.45) is 0.832. The van der Waals surface area contributed by atoms with Crippen molar-refractivity contribution in [3.8, 4) is 28.3 Å². The van der Waals surface area contributed by atoms with Crippen LogP contribution in [0.4, 0.5) is 0 Å². The van der Waals surface area contributed by atoms with Crippen LogP contribution in [0.5, 0.6) is 5.75 Å². The van der Waals surface area contributed by atoms with Gasteiger partial charge in [0.1, 0.15) is 12.4 Å². The van der Waals surface area contributed by atoms with E-state index < -0.39 is 0 Å². The Labute approximate surface area is 191 Å². The van der Waals surface area contributed by atoms with Crippen molar-refractivity contribution < 1.29 is 4.74 Å². The fourth-order valence-corrected chi connectivity index (χ4v) is 3.89. The molecule has 5 aromatic rings. The van der Waals surface area contributed by atoms with Gasteiger partial charge in [0.05, 0.1) is 5.52 Å². The summed E-state index contributed by atoms with van der Waals surface area (Å²) in [4.78, 5) is 4.73. The van der Waals surface area contributed by atoms with Crippen LogP contribution in [0.1, 0.15) is 23.7 Å². The number of benzene rings is 3. The number of H-pyrrole nitrogens is 1. The number of fused-ring (bicyclic) bond motifs is 1. The van der Waals surface area contributed by atoms with Crippen molar-refractivity contribution in [2.24, 2.45) is 5.73 Å². The minimum absolute atomic E-state index is 0.398. The summed E-state index contributed by atoms with van der Waals surface area (Å²) in [5.41, 5.74) is 12.8. The van der Waals surface area contributed by atoms with E-state index in [0.717, 1.165) is 56.6 Å². The lowest BCUT2D eigenvalue weighted by molar-refractivity contribution is 0.309. The van der Waals surface area contributed by atoms with Gasteiger partial charge < -0.3 is 10.5 Å². The Balaban J connectivity index is 1.50. The molecule has 7 heteroatoms. The molecule has 0 amide bonds. The van der Waals surface area contributed by atoms with Crippen LogP contribution in [0.15, 0.2) is 72.8 Å². The Kier molecular flexibility index (Phi) is 5.78. The molecule has 2 aromatic heterocycles. The molecule has 0 aliphatic carbocycles. The van der Waals surface area contributed by atoms with Crippen LogP contribution >= 0.6 is 0 Å². The zero-order chi connectivity index (χ0) is 22.6. The SMILES string of the molecule is CCc1cc(OCc2ccc(-c3ccccc3)c(-c3nn[nH]n3)c2)c2cc(CN)ccc2n1. The Morgan fingerprint density at radius 2 is 1.76 bits per heavy atom. The van der Waals surface area contributed by atoms with E-state index in [1.165, 1.54) is 0 Å². The number of aromatic amines is 1. The zero-order valence-corrected chi connectivity index (χ0v) is 18.3. The van der Waals surface area contributed by atoms with Crippen molar-refractivity contribution in [3.05, 3.63) is 89.6 Å². The summed E-state index contributed by atoms with van der Waals surface area (Å²) in [7, 11) is 0. The van der Waals surface area contributed by atoms with Crippen molar-refractivity contribution in [3.63, 3.8) is 0 Å². The number of nitrogens with zero attached hydrogens (tertiary/aromatic N) is 4. The number of hydrogen-bond donors (Lipinski definition) is 2. The molecule has 3 N–H and O–H groups in total. The van der Waals surface area contributed by atoms with Crippen LogP contribution < -0.4 is 10.5 Å². The van der Waals surface area contributed by atoms with E-state index >= 15 is 0 Å². The average Bonchev–Trinajstić information content (AvgIpc) is 3.42. The molecule has 0 bridgehead atoms. The number of aromatic nitrogens is 5. The van der Waals surface area contributed by atoms with E-state index in [4.69, 9.17) is 15.5 Å². The number of nitrogens with two attached hydrogens (primary N) is 1. The molecule has 0 atom stereocenters. The smallest absolute Gasteiger partial charge is 0.205 e. The lowest BCUT2D eigenvalue weighted by Crippen LogP contribution is -2.01. The number of rotatable bonds is 7. The predicted molar refractivity (Wildman–Crippen MR) is 128 cm³/mol. The quantitative estimate of drug-likeness (QED) is 0.384. The van der Waals surface area contributed by atoms with E-state index in [1.807, 2.05) is 36.4 Å². The minimum atomic E-state index is 0.398. The summed E-state index contributed by atoms with van der Waals surface area (Å²) < 4.78 is 6.32. The summed E-state index contributed by atoms with van der Waals surface area (Å²) in [6, 6.07) is 24.5. The van der Waals surface area contributed by atoms with Crippen molar-refractivity contribution >= 4 is 10.9 Å². The highest BCUT2D eigenvalue weighted by Crippen LogP contribution is 2.32. The van der Waals surface area contributed by atoms with Gasteiger partial charge in [-0.3, -0.25) is 4.98 Å². The average molecular weight is 437 g/mol. The highest BCUT2D eigenvalue weighted by atomic mass is 16.5. The molecule has 0 aliphatic heterocycles. The first kappa shape index (κ1) is 20.8. The summed E-state index contributed by atoms with van der Waals surface area (Å²) in [6.45, 7) is 2.96.